The quantitative estimate of drug-likeness (QED) is 0.606. The fourth-order valence-electron chi connectivity index (χ4n) is 2.20. The summed E-state index contributed by atoms with van der Waals surface area (Å²) in [6.45, 7) is 4.16. The zero-order chi connectivity index (χ0) is 14.8. The van der Waals surface area contributed by atoms with E-state index in [0.29, 0.717) is 0 Å². The Labute approximate surface area is 134 Å². The van der Waals surface area contributed by atoms with Gasteiger partial charge in [0, 0.05) is 0 Å². The summed E-state index contributed by atoms with van der Waals surface area (Å²) in [7, 11) is 0. The molecule has 1 heterocycles. The van der Waals surface area contributed by atoms with Crippen LogP contribution in [0, 0.1) is 13.8 Å². The molecule has 3 aromatic rings. The van der Waals surface area contributed by atoms with Crippen LogP contribution in [0.1, 0.15) is 11.1 Å². The predicted molar refractivity (Wildman–Crippen MR) is 90.0 cm³/mol. The second-order valence-corrected chi connectivity index (χ2v) is 8.35. The summed E-state index contributed by atoms with van der Waals surface area (Å²) in [4.78, 5) is 12.0. The maximum atomic E-state index is 12.0. The topological polar surface area (TPSA) is 17.1 Å². The van der Waals surface area contributed by atoms with E-state index in [2.05, 4.69) is 62.4 Å². The Kier molecular flexibility index (Phi) is 4.10. The van der Waals surface area contributed by atoms with Crippen molar-refractivity contribution in [3.63, 3.8) is 0 Å². The SMILES string of the molecule is Cc1ccc(-c2cc(=O)cc(-c3ccc(C)cc3)[te]2)cc1. The first-order valence-corrected chi connectivity index (χ1v) is 9.24. The summed E-state index contributed by atoms with van der Waals surface area (Å²) in [5.41, 5.74) is 4.98. The van der Waals surface area contributed by atoms with Crippen LogP contribution in [0.25, 0.3) is 18.3 Å². The third-order valence-electron chi connectivity index (χ3n) is 3.44. The van der Waals surface area contributed by atoms with Gasteiger partial charge in [0.25, 0.3) is 0 Å². The van der Waals surface area contributed by atoms with E-state index in [-0.39, 0.29) is 5.43 Å². The summed E-state index contributed by atoms with van der Waals surface area (Å²) < 4.78 is 2.45. The van der Waals surface area contributed by atoms with E-state index in [1.165, 1.54) is 29.4 Å². The zero-order valence-corrected chi connectivity index (χ0v) is 14.4. The number of benzene rings is 2. The third-order valence-corrected chi connectivity index (χ3v) is 6.71. The van der Waals surface area contributed by atoms with Crippen LogP contribution in [-0.4, -0.2) is 20.4 Å². The van der Waals surface area contributed by atoms with E-state index in [0.717, 1.165) is 0 Å². The van der Waals surface area contributed by atoms with E-state index in [9.17, 15) is 4.79 Å². The minimum absolute atomic E-state index is 0.109. The Morgan fingerprint density at radius 3 is 1.43 bits per heavy atom. The standard InChI is InChI=1S/C19H16OTe/c1-13-3-7-15(8-4-13)18-11-17(20)12-19(21-18)16-9-5-14(2)6-10-16/h3-12H,1-2H3. The van der Waals surface area contributed by atoms with E-state index < -0.39 is 20.4 Å². The molecular formula is C19H16OTe. The molecule has 0 amide bonds. The van der Waals surface area contributed by atoms with E-state index in [1.54, 1.807) is 0 Å². The molecule has 0 aliphatic carbocycles. The number of rotatable bonds is 2. The summed E-state index contributed by atoms with van der Waals surface area (Å²) in [6.07, 6.45) is 0. The van der Waals surface area contributed by atoms with Crippen molar-refractivity contribution in [1.29, 1.82) is 0 Å². The van der Waals surface area contributed by atoms with Gasteiger partial charge in [-0.05, 0) is 0 Å². The zero-order valence-electron chi connectivity index (χ0n) is 12.1. The van der Waals surface area contributed by atoms with Crippen LogP contribution in [0.15, 0.2) is 65.5 Å². The van der Waals surface area contributed by atoms with Gasteiger partial charge in [0.15, 0.2) is 0 Å². The molecule has 3 rings (SSSR count). The Balaban J connectivity index is 2.10. The van der Waals surface area contributed by atoms with E-state index in [4.69, 9.17) is 0 Å². The van der Waals surface area contributed by atoms with Gasteiger partial charge in [-0.15, -0.1) is 0 Å². The van der Waals surface area contributed by atoms with Crippen molar-refractivity contribution in [3.05, 3.63) is 82.0 Å². The molecule has 0 radical (unpaired) electrons. The monoisotopic (exact) mass is 390 g/mol. The van der Waals surface area contributed by atoms with Crippen molar-refractivity contribution >= 4 is 20.4 Å². The average molecular weight is 388 g/mol. The van der Waals surface area contributed by atoms with Gasteiger partial charge in [0.1, 0.15) is 0 Å². The first kappa shape index (κ1) is 14.3. The Morgan fingerprint density at radius 2 is 1.05 bits per heavy atom. The number of hydrogen-bond acceptors (Lipinski definition) is 1. The van der Waals surface area contributed by atoms with E-state index in [1.807, 2.05) is 12.1 Å². The van der Waals surface area contributed by atoms with Crippen molar-refractivity contribution < 1.29 is 0 Å². The molecule has 0 saturated heterocycles. The van der Waals surface area contributed by atoms with Crippen LogP contribution in [-0.2, 0) is 0 Å². The van der Waals surface area contributed by atoms with Crippen LogP contribution >= 0.6 is 0 Å². The summed E-state index contributed by atoms with van der Waals surface area (Å²) in [6, 6.07) is 20.5. The average Bonchev–Trinajstić information content (AvgIpc) is 2.48. The molecule has 104 valence electrons. The van der Waals surface area contributed by atoms with Crippen molar-refractivity contribution in [2.45, 2.75) is 13.8 Å². The molecule has 0 atom stereocenters. The first-order chi connectivity index (χ1) is 10.1. The van der Waals surface area contributed by atoms with Gasteiger partial charge in [-0.1, -0.05) is 0 Å². The van der Waals surface area contributed by atoms with Crippen LogP contribution < -0.4 is 5.43 Å². The molecule has 2 aromatic carbocycles. The van der Waals surface area contributed by atoms with Crippen LogP contribution in [0.3, 0.4) is 0 Å². The second kappa shape index (κ2) is 6.02. The summed E-state index contributed by atoms with van der Waals surface area (Å²) >= 11 is -0.524. The van der Waals surface area contributed by atoms with Crippen molar-refractivity contribution in [2.75, 3.05) is 0 Å². The molecule has 0 bridgehead atoms. The van der Waals surface area contributed by atoms with Gasteiger partial charge >= 0.3 is 135 Å². The number of aryl methyl sites for hydroxylation is 2. The number of hydrogen-bond donors (Lipinski definition) is 0. The Hall–Kier alpha value is -1.62. The summed E-state index contributed by atoms with van der Waals surface area (Å²) in [5.74, 6) is 0. The van der Waals surface area contributed by atoms with Crippen molar-refractivity contribution in [1.82, 2.24) is 0 Å². The van der Waals surface area contributed by atoms with Crippen LogP contribution in [0.2, 0.25) is 0 Å². The Morgan fingerprint density at radius 1 is 0.667 bits per heavy atom. The molecule has 2 heteroatoms. The first-order valence-electron chi connectivity index (χ1n) is 6.91. The molecule has 0 unspecified atom stereocenters. The third kappa shape index (κ3) is 3.35. The fraction of sp³-hybridized carbons (Fsp3) is 0.105. The minimum atomic E-state index is -0.524. The van der Waals surface area contributed by atoms with E-state index >= 15 is 0 Å². The normalized spacial score (nSPS) is 10.6. The van der Waals surface area contributed by atoms with Gasteiger partial charge in [0.05, 0.1) is 0 Å². The van der Waals surface area contributed by atoms with Crippen molar-refractivity contribution in [2.24, 2.45) is 0 Å². The molecule has 1 aromatic heterocycles. The fourth-order valence-corrected chi connectivity index (χ4v) is 5.32. The molecule has 0 aliphatic heterocycles. The van der Waals surface area contributed by atoms with Gasteiger partial charge in [0.2, 0.25) is 0 Å². The molecule has 0 N–H and O–H groups in total. The van der Waals surface area contributed by atoms with Gasteiger partial charge < -0.3 is 0 Å². The van der Waals surface area contributed by atoms with Crippen LogP contribution in [0.4, 0.5) is 0 Å². The maximum absolute atomic E-state index is 12.0. The molecular weight excluding hydrogens is 372 g/mol. The molecule has 0 fully saturated rings. The summed E-state index contributed by atoms with van der Waals surface area (Å²) in [5, 5.41) is 0. The van der Waals surface area contributed by atoms with Crippen molar-refractivity contribution in [3.8, 4) is 18.3 Å². The molecule has 1 nitrogen and oxygen atoms in total. The predicted octanol–water partition coefficient (Wildman–Crippen LogP) is 4.05. The van der Waals surface area contributed by atoms with Gasteiger partial charge in [-0.3, -0.25) is 0 Å². The molecule has 0 spiro atoms. The Bertz CT molecular complexity index is 745. The van der Waals surface area contributed by atoms with Gasteiger partial charge in [-0.25, -0.2) is 0 Å². The second-order valence-electron chi connectivity index (χ2n) is 5.25. The van der Waals surface area contributed by atoms with Gasteiger partial charge in [-0.2, -0.15) is 0 Å². The molecule has 0 saturated carbocycles. The van der Waals surface area contributed by atoms with Crippen LogP contribution in [0.5, 0.6) is 0 Å². The molecule has 0 aliphatic rings. The molecule has 21 heavy (non-hydrogen) atoms.